The molecule has 1 heterocycles. The van der Waals surface area contributed by atoms with Crippen molar-refractivity contribution in [3.63, 3.8) is 0 Å². The van der Waals surface area contributed by atoms with Crippen LogP contribution in [0.1, 0.15) is 18.9 Å². The molecular weight excluding hydrogens is 278 g/mol. The Morgan fingerprint density at radius 3 is 2.95 bits per heavy atom. The first kappa shape index (κ1) is 14.4. The van der Waals surface area contributed by atoms with E-state index in [1.165, 1.54) is 4.90 Å². The summed E-state index contributed by atoms with van der Waals surface area (Å²) in [5.74, 6) is 0. The van der Waals surface area contributed by atoms with Gasteiger partial charge >= 0.3 is 0 Å². The fourth-order valence-electron chi connectivity index (χ4n) is 1.77. The summed E-state index contributed by atoms with van der Waals surface area (Å²) in [7, 11) is 1.92. The summed E-state index contributed by atoms with van der Waals surface area (Å²) in [6.07, 6.45) is 5.00. The molecule has 0 aliphatic carbocycles. The zero-order valence-electron chi connectivity index (χ0n) is 11.2. The summed E-state index contributed by atoms with van der Waals surface area (Å²) >= 11 is 8.01. The molecule has 1 aromatic heterocycles. The summed E-state index contributed by atoms with van der Waals surface area (Å²) in [6.45, 7) is 3.96. The topological polar surface area (TPSA) is 29.9 Å². The third-order valence-corrected chi connectivity index (χ3v) is 4.12. The maximum atomic E-state index is 6.31. The Kier molecular flexibility index (Phi) is 5.31. The average molecular weight is 296 g/mol. The monoisotopic (exact) mass is 295 g/mol. The molecule has 1 aromatic carbocycles. The van der Waals surface area contributed by atoms with E-state index in [9.17, 15) is 0 Å². The lowest BCUT2D eigenvalue weighted by molar-refractivity contribution is 0.669. The lowest BCUT2D eigenvalue weighted by Crippen LogP contribution is -2.14. The maximum absolute atomic E-state index is 6.31. The van der Waals surface area contributed by atoms with Gasteiger partial charge in [-0.05, 0) is 30.7 Å². The van der Waals surface area contributed by atoms with Crippen LogP contribution in [0, 0.1) is 0 Å². The first-order valence-corrected chi connectivity index (χ1v) is 7.54. The fraction of sp³-hybridized carbons (Fsp3) is 0.357. The normalized spacial score (nSPS) is 10.9. The van der Waals surface area contributed by atoms with Gasteiger partial charge in [-0.1, -0.05) is 36.4 Å². The number of aromatic nitrogens is 2. The molecule has 3 nitrogen and oxygen atoms in total. The molecule has 0 spiro atoms. The van der Waals surface area contributed by atoms with Gasteiger partial charge in [0.15, 0.2) is 0 Å². The van der Waals surface area contributed by atoms with E-state index in [0.29, 0.717) is 0 Å². The summed E-state index contributed by atoms with van der Waals surface area (Å²) in [5.41, 5.74) is 1.16. The van der Waals surface area contributed by atoms with Crippen molar-refractivity contribution in [2.24, 2.45) is 7.05 Å². The number of nitrogens with zero attached hydrogens (tertiary/aromatic N) is 2. The molecule has 102 valence electrons. The molecule has 0 unspecified atom stereocenters. The van der Waals surface area contributed by atoms with Crippen molar-refractivity contribution in [2.45, 2.75) is 29.7 Å². The van der Waals surface area contributed by atoms with E-state index in [0.717, 1.165) is 35.0 Å². The summed E-state index contributed by atoms with van der Waals surface area (Å²) in [6, 6.07) is 6.04. The van der Waals surface area contributed by atoms with Crippen LogP contribution in [0.25, 0.3) is 0 Å². The highest BCUT2D eigenvalue weighted by Gasteiger charge is 2.09. The molecule has 2 rings (SSSR count). The van der Waals surface area contributed by atoms with E-state index in [1.807, 2.05) is 36.3 Å². The van der Waals surface area contributed by atoms with Gasteiger partial charge in [0.1, 0.15) is 0 Å². The molecule has 2 aromatic rings. The Balaban J connectivity index is 2.16. The molecule has 0 aliphatic rings. The first-order chi connectivity index (χ1) is 9.20. The second-order valence-electron chi connectivity index (χ2n) is 4.35. The molecule has 0 radical (unpaired) electrons. The molecule has 0 aliphatic heterocycles. The van der Waals surface area contributed by atoms with E-state index >= 15 is 0 Å². The minimum absolute atomic E-state index is 0.802. The Morgan fingerprint density at radius 2 is 2.26 bits per heavy atom. The fourth-order valence-corrected chi connectivity index (χ4v) is 3.08. The lowest BCUT2D eigenvalue weighted by Gasteiger charge is -2.11. The number of benzene rings is 1. The highest BCUT2D eigenvalue weighted by atomic mass is 35.5. The maximum Gasteiger partial charge on any atom is 0.0629 e. The zero-order valence-corrected chi connectivity index (χ0v) is 12.8. The van der Waals surface area contributed by atoms with Gasteiger partial charge in [0.2, 0.25) is 0 Å². The molecule has 5 heteroatoms. The highest BCUT2D eigenvalue weighted by molar-refractivity contribution is 7.99. The van der Waals surface area contributed by atoms with Crippen LogP contribution < -0.4 is 5.32 Å². The Hall–Kier alpha value is -0.970. The Labute approximate surface area is 123 Å². The van der Waals surface area contributed by atoms with Crippen LogP contribution in [0.5, 0.6) is 0 Å². The van der Waals surface area contributed by atoms with Gasteiger partial charge in [-0.25, -0.2) is 0 Å². The minimum atomic E-state index is 0.802. The van der Waals surface area contributed by atoms with E-state index in [2.05, 4.69) is 23.4 Å². The molecule has 0 saturated heterocycles. The van der Waals surface area contributed by atoms with Crippen LogP contribution in [0.15, 0.2) is 40.4 Å². The van der Waals surface area contributed by atoms with Crippen molar-refractivity contribution >= 4 is 23.4 Å². The van der Waals surface area contributed by atoms with E-state index in [4.69, 9.17) is 11.6 Å². The summed E-state index contributed by atoms with van der Waals surface area (Å²) in [4.78, 5) is 2.31. The van der Waals surface area contributed by atoms with E-state index in [-0.39, 0.29) is 0 Å². The second kappa shape index (κ2) is 6.98. The van der Waals surface area contributed by atoms with Crippen molar-refractivity contribution in [1.82, 2.24) is 15.1 Å². The van der Waals surface area contributed by atoms with Crippen molar-refractivity contribution in [3.8, 4) is 0 Å². The predicted octanol–water partition coefficient (Wildman–Crippen LogP) is 3.72. The summed E-state index contributed by atoms with van der Waals surface area (Å²) in [5, 5.41) is 8.41. The van der Waals surface area contributed by atoms with E-state index in [1.54, 1.807) is 11.8 Å². The van der Waals surface area contributed by atoms with Crippen molar-refractivity contribution < 1.29 is 0 Å². The zero-order chi connectivity index (χ0) is 13.7. The third-order valence-electron chi connectivity index (χ3n) is 2.71. The van der Waals surface area contributed by atoms with Gasteiger partial charge in [0.05, 0.1) is 11.1 Å². The number of hydrogen-bond acceptors (Lipinski definition) is 3. The van der Waals surface area contributed by atoms with Crippen LogP contribution in [0.2, 0.25) is 5.02 Å². The van der Waals surface area contributed by atoms with Gasteiger partial charge < -0.3 is 5.32 Å². The number of aryl methyl sites for hydroxylation is 1. The summed E-state index contributed by atoms with van der Waals surface area (Å²) < 4.78 is 1.81. The van der Waals surface area contributed by atoms with Crippen molar-refractivity contribution in [1.29, 1.82) is 0 Å². The SMILES string of the molecule is CCCNCc1c(Cl)cccc1Sc1cnn(C)c1. The number of rotatable bonds is 6. The average Bonchev–Trinajstić information content (AvgIpc) is 2.78. The van der Waals surface area contributed by atoms with Crippen molar-refractivity contribution in [2.75, 3.05) is 6.54 Å². The van der Waals surface area contributed by atoms with Crippen LogP contribution in [-0.2, 0) is 13.6 Å². The van der Waals surface area contributed by atoms with E-state index < -0.39 is 0 Å². The molecule has 0 bridgehead atoms. The molecular formula is C14H18ClN3S. The third kappa shape index (κ3) is 4.00. The molecule has 0 atom stereocenters. The van der Waals surface area contributed by atoms with Crippen LogP contribution in [-0.4, -0.2) is 16.3 Å². The molecule has 0 amide bonds. The smallest absolute Gasteiger partial charge is 0.0629 e. The predicted molar refractivity (Wildman–Crippen MR) is 80.8 cm³/mol. The van der Waals surface area contributed by atoms with Crippen LogP contribution in [0.3, 0.4) is 0 Å². The van der Waals surface area contributed by atoms with Gasteiger partial charge in [-0.3, -0.25) is 4.68 Å². The first-order valence-electron chi connectivity index (χ1n) is 6.35. The number of hydrogen-bond donors (Lipinski definition) is 1. The van der Waals surface area contributed by atoms with Gasteiger partial charge in [-0.2, -0.15) is 5.10 Å². The standard InChI is InChI=1S/C14H18ClN3S/c1-3-7-16-9-12-13(15)5-4-6-14(12)19-11-8-17-18(2)10-11/h4-6,8,10,16H,3,7,9H2,1-2H3. The van der Waals surface area contributed by atoms with Gasteiger partial charge in [-0.15, -0.1) is 0 Å². The second-order valence-corrected chi connectivity index (χ2v) is 5.87. The molecule has 19 heavy (non-hydrogen) atoms. The number of halogens is 1. The minimum Gasteiger partial charge on any atom is -0.313 e. The quantitative estimate of drug-likeness (QED) is 0.824. The number of nitrogens with one attached hydrogen (secondary N) is 1. The molecule has 0 saturated carbocycles. The van der Waals surface area contributed by atoms with Crippen LogP contribution >= 0.6 is 23.4 Å². The molecule has 0 fully saturated rings. The molecule has 1 N–H and O–H groups in total. The Morgan fingerprint density at radius 1 is 1.42 bits per heavy atom. The van der Waals surface area contributed by atoms with Gasteiger partial charge in [0.25, 0.3) is 0 Å². The highest BCUT2D eigenvalue weighted by Crippen LogP contribution is 2.33. The van der Waals surface area contributed by atoms with Crippen LogP contribution in [0.4, 0.5) is 0 Å². The van der Waals surface area contributed by atoms with Crippen molar-refractivity contribution in [3.05, 3.63) is 41.2 Å². The lowest BCUT2D eigenvalue weighted by atomic mass is 10.2. The largest absolute Gasteiger partial charge is 0.313 e. The van der Waals surface area contributed by atoms with Gasteiger partial charge in [0, 0.05) is 29.7 Å². The Bertz CT molecular complexity index is 539.